The van der Waals surface area contributed by atoms with Crippen molar-refractivity contribution in [2.24, 2.45) is 0 Å². The van der Waals surface area contributed by atoms with Crippen LogP contribution in [0.25, 0.3) is 71.3 Å². The molecule has 0 radical (unpaired) electrons. The second-order valence-corrected chi connectivity index (χ2v) is 13.6. The van der Waals surface area contributed by atoms with Crippen LogP contribution in [-0.2, 0) is 0 Å². The summed E-state index contributed by atoms with van der Waals surface area (Å²) in [5, 5.41) is 6.46. The van der Waals surface area contributed by atoms with Gasteiger partial charge in [0.2, 0.25) is 0 Å². The van der Waals surface area contributed by atoms with E-state index in [1.807, 2.05) is 48.5 Å². The minimum Gasteiger partial charge on any atom is -0.310 e. The number of hydrogen-bond acceptors (Lipinski definition) is 1. The highest BCUT2D eigenvalue weighted by molar-refractivity contribution is 6.22. The summed E-state index contributed by atoms with van der Waals surface area (Å²) in [5.74, 6) is -0.560. The average molecular weight is 699 g/mol. The number of hydrogen-bond donors (Lipinski definition) is 0. The Kier molecular flexibility index (Phi) is 7.55. The van der Waals surface area contributed by atoms with Crippen molar-refractivity contribution in [1.29, 1.82) is 0 Å². The van der Waals surface area contributed by atoms with E-state index in [0.717, 1.165) is 83.0 Å². The maximum Gasteiger partial charge on any atom is 0.123 e. The number of nitrogens with zero attached hydrogens (tertiary/aromatic N) is 2. The van der Waals surface area contributed by atoms with E-state index in [0.29, 0.717) is 0 Å². The molecular weight excluding hydrogens is 667 g/mol. The lowest BCUT2D eigenvalue weighted by Crippen LogP contribution is -2.10. The first-order valence-corrected chi connectivity index (χ1v) is 18.1. The molecule has 0 N–H and O–H groups in total. The van der Waals surface area contributed by atoms with Crippen molar-refractivity contribution in [3.63, 3.8) is 0 Å². The molecule has 0 saturated carbocycles. The van der Waals surface area contributed by atoms with Gasteiger partial charge in [0.05, 0.1) is 11.0 Å². The van der Waals surface area contributed by atoms with E-state index in [-0.39, 0.29) is 11.6 Å². The summed E-state index contributed by atoms with van der Waals surface area (Å²) in [6.45, 7) is 0. The maximum absolute atomic E-state index is 14.4. The minimum atomic E-state index is -0.282. The Morgan fingerprint density at radius 1 is 0.333 bits per heavy atom. The van der Waals surface area contributed by atoms with Crippen molar-refractivity contribution in [1.82, 2.24) is 4.57 Å². The van der Waals surface area contributed by atoms with Gasteiger partial charge in [0.15, 0.2) is 0 Å². The van der Waals surface area contributed by atoms with E-state index in [1.54, 1.807) is 0 Å². The standard InChI is InChI=1S/C50H32F2N2/c51-35-23-19-33(20-24-35)49-42-16-7-8-17-43(42)50(34-21-25-36(52)26-22-34)46-32-39(27-29-44(46)49)53(37-11-3-1-4-12-37)40-28-30-48-45(31-40)41-15-9-10-18-47(41)54(48)38-13-5-2-6-14-38/h1-32H. The summed E-state index contributed by atoms with van der Waals surface area (Å²) in [7, 11) is 0. The van der Waals surface area contributed by atoms with Gasteiger partial charge in [0, 0.05) is 33.5 Å². The Labute approximate surface area is 311 Å². The first kappa shape index (κ1) is 31.7. The van der Waals surface area contributed by atoms with E-state index in [9.17, 15) is 8.78 Å². The van der Waals surface area contributed by atoms with Crippen LogP contribution in [0.4, 0.5) is 25.8 Å². The number of benzene rings is 9. The average Bonchev–Trinajstić information content (AvgIpc) is 3.55. The van der Waals surface area contributed by atoms with Gasteiger partial charge in [-0.1, -0.05) is 109 Å². The quantitative estimate of drug-likeness (QED) is 0.157. The van der Waals surface area contributed by atoms with E-state index in [2.05, 4.69) is 131 Å². The number of para-hydroxylation sites is 3. The largest absolute Gasteiger partial charge is 0.310 e. The Morgan fingerprint density at radius 2 is 0.796 bits per heavy atom. The lowest BCUT2D eigenvalue weighted by molar-refractivity contribution is 0.627. The highest BCUT2D eigenvalue weighted by Crippen LogP contribution is 2.47. The summed E-state index contributed by atoms with van der Waals surface area (Å²) in [5.41, 5.74) is 10.3. The van der Waals surface area contributed by atoms with Crippen LogP contribution in [0.5, 0.6) is 0 Å². The van der Waals surface area contributed by atoms with Crippen LogP contribution >= 0.6 is 0 Å². The maximum atomic E-state index is 14.4. The Bertz CT molecular complexity index is 2990. The van der Waals surface area contributed by atoms with Gasteiger partial charge >= 0.3 is 0 Å². The summed E-state index contributed by atoms with van der Waals surface area (Å²) < 4.78 is 30.9. The molecule has 1 aromatic heterocycles. The molecule has 10 aromatic rings. The van der Waals surface area contributed by atoms with Crippen LogP contribution in [0.2, 0.25) is 0 Å². The van der Waals surface area contributed by atoms with Gasteiger partial charge in [-0.05, 0) is 129 Å². The molecule has 1 heterocycles. The molecule has 10 rings (SSSR count). The second kappa shape index (κ2) is 12.9. The van der Waals surface area contributed by atoms with Crippen molar-refractivity contribution < 1.29 is 8.78 Å². The van der Waals surface area contributed by atoms with Crippen LogP contribution in [0, 0.1) is 11.6 Å². The fraction of sp³-hybridized carbons (Fsp3) is 0. The topological polar surface area (TPSA) is 8.17 Å². The van der Waals surface area contributed by atoms with Gasteiger partial charge in [-0.25, -0.2) is 8.78 Å². The predicted octanol–water partition coefficient (Wildman–Crippen LogP) is 14.2. The number of rotatable bonds is 6. The Hall–Kier alpha value is -7.04. The van der Waals surface area contributed by atoms with Crippen molar-refractivity contribution in [3.05, 3.63) is 206 Å². The first-order chi connectivity index (χ1) is 26.6. The van der Waals surface area contributed by atoms with Crippen LogP contribution in [0.3, 0.4) is 0 Å². The molecule has 0 aliphatic heterocycles. The van der Waals surface area contributed by atoms with Gasteiger partial charge < -0.3 is 9.47 Å². The molecule has 0 spiro atoms. The molecule has 0 bridgehead atoms. The molecule has 0 aliphatic rings. The molecule has 0 aliphatic carbocycles. The van der Waals surface area contributed by atoms with Gasteiger partial charge in [0.1, 0.15) is 11.6 Å². The fourth-order valence-electron chi connectivity index (χ4n) is 8.14. The van der Waals surface area contributed by atoms with Crippen molar-refractivity contribution in [2.75, 3.05) is 4.90 Å². The molecule has 256 valence electrons. The molecule has 0 fully saturated rings. The number of anilines is 3. The SMILES string of the molecule is Fc1ccc(-c2c3ccccc3c(-c3ccc(F)cc3)c3cc(N(c4ccccc4)c4ccc5c(c4)c4ccccc4n5-c4ccccc4)ccc23)cc1. The summed E-state index contributed by atoms with van der Waals surface area (Å²) in [4.78, 5) is 2.30. The van der Waals surface area contributed by atoms with Crippen LogP contribution < -0.4 is 4.90 Å². The Balaban J connectivity index is 1.26. The van der Waals surface area contributed by atoms with Gasteiger partial charge in [-0.2, -0.15) is 0 Å². The molecule has 0 atom stereocenters. The monoisotopic (exact) mass is 698 g/mol. The third-order valence-electron chi connectivity index (χ3n) is 10.5. The van der Waals surface area contributed by atoms with Crippen LogP contribution in [0.15, 0.2) is 194 Å². The number of aromatic nitrogens is 1. The third kappa shape index (κ3) is 5.22. The molecule has 0 amide bonds. The molecule has 0 saturated heterocycles. The Morgan fingerprint density at radius 3 is 1.43 bits per heavy atom. The molecule has 0 unspecified atom stereocenters. The van der Waals surface area contributed by atoms with Gasteiger partial charge in [0.25, 0.3) is 0 Å². The second-order valence-electron chi connectivity index (χ2n) is 13.6. The normalized spacial score (nSPS) is 11.5. The van der Waals surface area contributed by atoms with Crippen LogP contribution in [-0.4, -0.2) is 4.57 Å². The summed E-state index contributed by atoms with van der Waals surface area (Å²) in [6.07, 6.45) is 0. The molecular formula is C50H32F2N2. The van der Waals surface area contributed by atoms with E-state index in [4.69, 9.17) is 0 Å². The molecule has 4 heteroatoms. The zero-order chi connectivity index (χ0) is 36.2. The summed E-state index contributed by atoms with van der Waals surface area (Å²) in [6, 6.07) is 64.6. The zero-order valence-electron chi connectivity index (χ0n) is 29.1. The van der Waals surface area contributed by atoms with E-state index < -0.39 is 0 Å². The summed E-state index contributed by atoms with van der Waals surface area (Å²) >= 11 is 0. The zero-order valence-corrected chi connectivity index (χ0v) is 29.1. The fourth-order valence-corrected chi connectivity index (χ4v) is 8.14. The molecule has 2 nitrogen and oxygen atoms in total. The highest BCUT2D eigenvalue weighted by atomic mass is 19.1. The molecule has 54 heavy (non-hydrogen) atoms. The molecule has 9 aromatic carbocycles. The van der Waals surface area contributed by atoms with Crippen molar-refractivity contribution in [2.45, 2.75) is 0 Å². The predicted molar refractivity (Wildman–Crippen MR) is 221 cm³/mol. The lowest BCUT2D eigenvalue weighted by atomic mass is 9.85. The van der Waals surface area contributed by atoms with E-state index in [1.165, 1.54) is 29.7 Å². The van der Waals surface area contributed by atoms with E-state index >= 15 is 0 Å². The van der Waals surface area contributed by atoms with Crippen LogP contribution in [0.1, 0.15) is 0 Å². The minimum absolute atomic E-state index is 0.278. The lowest BCUT2D eigenvalue weighted by Gasteiger charge is -2.27. The van der Waals surface area contributed by atoms with Gasteiger partial charge in [-0.15, -0.1) is 0 Å². The third-order valence-corrected chi connectivity index (χ3v) is 10.5. The smallest absolute Gasteiger partial charge is 0.123 e. The number of fused-ring (bicyclic) bond motifs is 5. The van der Waals surface area contributed by atoms with Crippen molar-refractivity contribution >= 4 is 60.4 Å². The number of halogens is 2. The van der Waals surface area contributed by atoms with Gasteiger partial charge in [-0.3, -0.25) is 0 Å². The van der Waals surface area contributed by atoms with Crippen molar-refractivity contribution in [3.8, 4) is 27.9 Å². The first-order valence-electron chi connectivity index (χ1n) is 18.1. The highest BCUT2D eigenvalue weighted by Gasteiger charge is 2.21.